The Morgan fingerprint density at radius 2 is 1.55 bits per heavy atom. The van der Waals surface area contributed by atoms with Crippen molar-refractivity contribution < 1.29 is 13.2 Å². The van der Waals surface area contributed by atoms with Gasteiger partial charge in [-0.25, -0.2) is 0 Å². The van der Waals surface area contributed by atoms with E-state index < -0.39 is 12.2 Å². The third-order valence-corrected chi connectivity index (χ3v) is 3.94. The molecule has 114 valence electrons. The van der Waals surface area contributed by atoms with Crippen molar-refractivity contribution in [3.8, 4) is 0 Å². The van der Waals surface area contributed by atoms with Crippen molar-refractivity contribution in [1.82, 2.24) is 10.2 Å². The Balaban J connectivity index is 0.00000200. The summed E-state index contributed by atoms with van der Waals surface area (Å²) in [5.41, 5.74) is 0.260. The fourth-order valence-corrected chi connectivity index (χ4v) is 3.61. The van der Waals surface area contributed by atoms with Gasteiger partial charge >= 0.3 is 6.18 Å². The van der Waals surface area contributed by atoms with Crippen molar-refractivity contribution in [2.24, 2.45) is 0 Å². The second-order valence-electron chi connectivity index (χ2n) is 4.43. The molecular formula is C12H14Br2ClF3N2. The number of hydrogen-bond donors (Lipinski definition) is 1. The molecule has 8 heteroatoms. The van der Waals surface area contributed by atoms with Gasteiger partial charge in [-0.2, -0.15) is 13.2 Å². The molecule has 1 aromatic carbocycles. The molecular weight excluding hydrogens is 424 g/mol. The number of hydrogen-bond acceptors (Lipinski definition) is 2. The number of nitrogens with zero attached hydrogens (tertiary/aromatic N) is 1. The minimum Gasteiger partial charge on any atom is -0.314 e. The van der Waals surface area contributed by atoms with Crippen LogP contribution in [0.25, 0.3) is 0 Å². The Morgan fingerprint density at radius 1 is 1.05 bits per heavy atom. The molecule has 0 saturated carbocycles. The summed E-state index contributed by atoms with van der Waals surface area (Å²) in [6.45, 7) is 1.96. The summed E-state index contributed by atoms with van der Waals surface area (Å²) in [6.07, 6.45) is -4.28. The van der Waals surface area contributed by atoms with Crippen molar-refractivity contribution in [2.75, 3.05) is 26.2 Å². The van der Waals surface area contributed by atoms with Crippen LogP contribution in [0.5, 0.6) is 0 Å². The van der Waals surface area contributed by atoms with E-state index in [1.807, 2.05) is 0 Å². The lowest BCUT2D eigenvalue weighted by Crippen LogP contribution is -2.49. The molecule has 1 fully saturated rings. The van der Waals surface area contributed by atoms with Crippen molar-refractivity contribution >= 4 is 44.3 Å². The van der Waals surface area contributed by atoms with E-state index in [1.165, 1.54) is 17.0 Å². The summed E-state index contributed by atoms with van der Waals surface area (Å²) in [4.78, 5) is 1.48. The van der Waals surface area contributed by atoms with Crippen molar-refractivity contribution in [1.29, 1.82) is 0 Å². The summed E-state index contributed by atoms with van der Waals surface area (Å²) in [7, 11) is 0. The van der Waals surface area contributed by atoms with E-state index in [2.05, 4.69) is 37.2 Å². The van der Waals surface area contributed by atoms with Gasteiger partial charge in [-0.15, -0.1) is 12.4 Å². The fraction of sp³-hybridized carbons (Fsp3) is 0.500. The van der Waals surface area contributed by atoms with Crippen molar-refractivity contribution in [2.45, 2.75) is 12.2 Å². The Morgan fingerprint density at radius 3 is 2.00 bits per heavy atom. The summed E-state index contributed by atoms with van der Waals surface area (Å²) in [6, 6.07) is 3.24. The highest BCUT2D eigenvalue weighted by molar-refractivity contribution is 9.11. The van der Waals surface area contributed by atoms with E-state index in [9.17, 15) is 13.2 Å². The van der Waals surface area contributed by atoms with Crippen LogP contribution in [0.15, 0.2) is 27.1 Å². The SMILES string of the molecule is Cl.FC(F)(F)[C@@H](c1cc(Br)cc(Br)c1)N1CCNCC1. The lowest BCUT2D eigenvalue weighted by Gasteiger charge is -2.36. The van der Waals surface area contributed by atoms with E-state index in [0.29, 0.717) is 35.1 Å². The van der Waals surface area contributed by atoms with Gasteiger partial charge in [-0.3, -0.25) is 4.90 Å². The van der Waals surface area contributed by atoms with Crippen LogP contribution in [0.4, 0.5) is 13.2 Å². The minimum atomic E-state index is -4.28. The zero-order valence-electron chi connectivity index (χ0n) is 10.4. The number of halogens is 6. The topological polar surface area (TPSA) is 15.3 Å². The van der Waals surface area contributed by atoms with E-state index in [0.717, 1.165) is 0 Å². The molecule has 1 atom stereocenters. The third kappa shape index (κ3) is 4.59. The summed E-state index contributed by atoms with van der Waals surface area (Å²) < 4.78 is 41.4. The lowest BCUT2D eigenvalue weighted by molar-refractivity contribution is -0.187. The van der Waals surface area contributed by atoms with Crippen LogP contribution in [0.3, 0.4) is 0 Å². The third-order valence-electron chi connectivity index (χ3n) is 3.03. The Labute approximate surface area is 138 Å². The molecule has 0 bridgehead atoms. The molecule has 2 rings (SSSR count). The maximum Gasteiger partial charge on any atom is 0.408 e. The molecule has 2 nitrogen and oxygen atoms in total. The first-order valence-electron chi connectivity index (χ1n) is 5.85. The van der Waals surface area contributed by atoms with E-state index in [1.54, 1.807) is 6.07 Å². The molecule has 0 unspecified atom stereocenters. The molecule has 0 aliphatic carbocycles. The second-order valence-corrected chi connectivity index (χ2v) is 6.26. The highest BCUT2D eigenvalue weighted by Crippen LogP contribution is 2.39. The zero-order valence-corrected chi connectivity index (χ0v) is 14.4. The molecule has 20 heavy (non-hydrogen) atoms. The van der Waals surface area contributed by atoms with Gasteiger partial charge in [-0.05, 0) is 23.8 Å². The van der Waals surface area contributed by atoms with E-state index >= 15 is 0 Å². The van der Waals surface area contributed by atoms with E-state index in [-0.39, 0.29) is 18.0 Å². The Bertz CT molecular complexity index is 431. The van der Waals surface area contributed by atoms with Crippen LogP contribution in [0.1, 0.15) is 11.6 Å². The zero-order chi connectivity index (χ0) is 14.0. The highest BCUT2D eigenvalue weighted by atomic mass is 79.9. The average Bonchev–Trinajstić information content (AvgIpc) is 2.27. The molecule has 1 N–H and O–H groups in total. The maximum absolute atomic E-state index is 13.4. The van der Waals surface area contributed by atoms with Crippen LogP contribution < -0.4 is 5.32 Å². The minimum absolute atomic E-state index is 0. The predicted octanol–water partition coefficient (Wildman–Crippen LogP) is 4.14. The van der Waals surface area contributed by atoms with Gasteiger partial charge in [-0.1, -0.05) is 31.9 Å². The van der Waals surface area contributed by atoms with Crippen LogP contribution in [0.2, 0.25) is 0 Å². The monoisotopic (exact) mass is 436 g/mol. The number of rotatable bonds is 2. The lowest BCUT2D eigenvalue weighted by atomic mass is 10.0. The molecule has 1 heterocycles. The number of nitrogens with one attached hydrogen (secondary N) is 1. The van der Waals surface area contributed by atoms with Crippen LogP contribution in [-0.4, -0.2) is 37.3 Å². The quantitative estimate of drug-likeness (QED) is 0.747. The molecule has 1 aromatic rings. The highest BCUT2D eigenvalue weighted by Gasteiger charge is 2.45. The second kappa shape index (κ2) is 7.45. The molecule has 1 aliphatic rings. The number of benzene rings is 1. The van der Waals surface area contributed by atoms with Gasteiger partial charge in [0.05, 0.1) is 0 Å². The summed E-state index contributed by atoms with van der Waals surface area (Å²) in [5.74, 6) is 0. The number of alkyl halides is 3. The smallest absolute Gasteiger partial charge is 0.314 e. The average molecular weight is 439 g/mol. The first kappa shape index (κ1) is 18.2. The van der Waals surface area contributed by atoms with Gasteiger partial charge < -0.3 is 5.32 Å². The van der Waals surface area contributed by atoms with Crippen LogP contribution in [-0.2, 0) is 0 Å². The molecule has 1 saturated heterocycles. The summed E-state index contributed by atoms with van der Waals surface area (Å²) in [5, 5.41) is 3.07. The van der Waals surface area contributed by atoms with Crippen molar-refractivity contribution in [3.63, 3.8) is 0 Å². The molecule has 0 spiro atoms. The molecule has 0 amide bonds. The molecule has 0 aromatic heterocycles. The Kier molecular flexibility index (Phi) is 6.79. The van der Waals surface area contributed by atoms with Gasteiger partial charge in [0.15, 0.2) is 0 Å². The van der Waals surface area contributed by atoms with Gasteiger partial charge in [0.25, 0.3) is 0 Å². The molecule has 1 aliphatic heterocycles. The van der Waals surface area contributed by atoms with Crippen LogP contribution in [0, 0.1) is 0 Å². The van der Waals surface area contributed by atoms with Crippen molar-refractivity contribution in [3.05, 3.63) is 32.7 Å². The van der Waals surface area contributed by atoms with Gasteiger partial charge in [0.1, 0.15) is 6.04 Å². The van der Waals surface area contributed by atoms with E-state index in [4.69, 9.17) is 0 Å². The first-order chi connectivity index (χ1) is 8.88. The standard InChI is InChI=1S/C12H13Br2F3N2.ClH/c13-9-5-8(6-10(14)7-9)11(12(15,16)17)19-3-1-18-2-4-19;/h5-7,11,18H,1-4H2;1H/t11-;/m1./s1. The Hall–Kier alpha value is 0.180. The first-order valence-corrected chi connectivity index (χ1v) is 7.44. The molecule has 0 radical (unpaired) electrons. The number of piperazine rings is 1. The predicted molar refractivity (Wildman–Crippen MR) is 82.3 cm³/mol. The fourth-order valence-electron chi connectivity index (χ4n) is 2.28. The largest absolute Gasteiger partial charge is 0.408 e. The maximum atomic E-state index is 13.4. The normalized spacial score (nSPS) is 18.4. The van der Waals surface area contributed by atoms with Gasteiger partial charge in [0, 0.05) is 35.1 Å². The van der Waals surface area contributed by atoms with Gasteiger partial charge in [0.2, 0.25) is 0 Å². The van der Waals surface area contributed by atoms with Crippen LogP contribution >= 0.6 is 44.3 Å². The summed E-state index contributed by atoms with van der Waals surface area (Å²) >= 11 is 6.49.